The Hall–Kier alpha value is -8.13. The maximum absolute atomic E-state index is 13.5. The van der Waals surface area contributed by atoms with E-state index in [9.17, 15) is 43.2 Å². The smallest absolute Gasteiger partial charge is 0.339 e. The third-order valence-electron chi connectivity index (χ3n) is 20.6. The number of nitrogens with one attached hydrogen (secondary N) is 3. The summed E-state index contributed by atoms with van der Waals surface area (Å²) in [6, 6.07) is 46.0. The van der Waals surface area contributed by atoms with Crippen LogP contribution >= 0.6 is 0 Å². The lowest BCUT2D eigenvalue weighted by Crippen LogP contribution is -3.00. The van der Waals surface area contributed by atoms with Gasteiger partial charge in [-0.1, -0.05) is 147 Å². The summed E-state index contributed by atoms with van der Waals surface area (Å²) in [7, 11) is 3.97. The van der Waals surface area contributed by atoms with E-state index in [1.165, 1.54) is 27.8 Å². The van der Waals surface area contributed by atoms with E-state index in [1.54, 1.807) is 43.3 Å². The summed E-state index contributed by atoms with van der Waals surface area (Å²) in [5, 5.41) is 8.91. The Kier molecular flexibility index (Phi) is 37.8. The minimum atomic E-state index is -0.498. The number of hydrogen-bond donors (Lipinski definition) is 3. The fourth-order valence-electron chi connectivity index (χ4n) is 15.4. The maximum atomic E-state index is 13.5. The van der Waals surface area contributed by atoms with Gasteiger partial charge in [0.05, 0.1) is 108 Å². The number of esters is 6. The quantitative estimate of drug-likeness (QED) is 0.0298. The Morgan fingerprint density at radius 3 is 1.03 bits per heavy atom. The van der Waals surface area contributed by atoms with Crippen molar-refractivity contribution >= 4 is 70.6 Å². The summed E-state index contributed by atoms with van der Waals surface area (Å²) in [5.41, 5.74) is 8.10. The molecule has 3 amide bonds. The molecule has 1 saturated carbocycles. The summed E-state index contributed by atoms with van der Waals surface area (Å²) in [4.78, 5) is 115. The number of quaternary nitrogens is 3. The Morgan fingerprint density at radius 2 is 0.713 bits per heavy atom. The molecule has 6 aromatic rings. The number of rotatable bonds is 26. The van der Waals surface area contributed by atoms with Crippen molar-refractivity contribution in [2.24, 2.45) is 17.8 Å². The number of anilines is 3. The molecule has 3 saturated heterocycles. The Bertz CT molecular complexity index is 3920. The zero-order valence-electron chi connectivity index (χ0n) is 63.9. The van der Waals surface area contributed by atoms with E-state index in [1.807, 2.05) is 106 Å². The summed E-state index contributed by atoms with van der Waals surface area (Å²) < 4.78 is 32.9. The first-order chi connectivity index (χ1) is 50.6. The van der Waals surface area contributed by atoms with E-state index in [-0.39, 0.29) is 130 Å². The number of carbonyl (C=O) groups is 9. The van der Waals surface area contributed by atoms with Gasteiger partial charge < -0.3 is 109 Å². The number of amides is 3. The molecule has 3 aliphatic heterocycles. The molecule has 0 radical (unpaired) electrons. The molecular formula is C84H109Br3N6O15. The number of aryl methyl sites for hydroxylation is 3. The van der Waals surface area contributed by atoms with Gasteiger partial charge in [0.1, 0.15) is 43.5 Å². The average Bonchev–Trinajstić information content (AvgIpc) is 0.805. The third kappa shape index (κ3) is 26.6. The van der Waals surface area contributed by atoms with Crippen LogP contribution in [-0.2, 0) is 76.8 Å². The number of para-hydroxylation sites is 3. The van der Waals surface area contributed by atoms with E-state index in [4.69, 9.17) is 28.4 Å². The number of methoxy groups -OCH3 is 3. The number of likely N-dealkylation sites (tertiary alicyclic amines) is 3. The maximum Gasteiger partial charge on any atom is 0.339 e. The summed E-state index contributed by atoms with van der Waals surface area (Å²) in [5.74, 6) is -3.23. The molecule has 10 rings (SSSR count). The standard InChI is InChI=1S/C30H38N2O5.C28H36N2O5.C26H32N2O5.3BrH/c1-22-11-9-17-26(30(35)36-2)28(22)31-27(33)21-32(19-23-12-5-3-6-13-23)18-10-14-24(20-32)29(34)37-25-15-7-4-8-16-25;1-4-5-17-35-27(32)23-14-10-16-30(19-23,18-22-12-7-6-8-13-22)20-25(31)29-26-21(2)11-9-15-24(26)28(33)34-3;1-4-33-25(30)21-13-9-15-28(17-21,16-20-11-6-5-7-12-20)18-23(29)27-24-19(2)10-8-14-22(24)26(31)32-3;;;/h3,5-6,9,11-13,17,24-25H,4,7-8,10,14-16,18-21H2,1-2H3;6-9,11-13,15,23H,4-5,10,14,16-20H2,1-3H3;5-8,10-12,14,21H,4,9,13,15-18H2,1-3H3;3*1H. The molecule has 108 heavy (non-hydrogen) atoms. The Balaban J connectivity index is 0.000000287. The molecule has 6 aromatic carbocycles. The number of nitrogens with zero attached hydrogens (tertiary/aromatic N) is 3. The Labute approximate surface area is 668 Å². The molecule has 1 aliphatic carbocycles. The van der Waals surface area contributed by atoms with Crippen LogP contribution in [0.4, 0.5) is 17.1 Å². The lowest BCUT2D eigenvalue weighted by molar-refractivity contribution is -0.940. The van der Waals surface area contributed by atoms with Crippen molar-refractivity contribution in [2.75, 3.05) is 109 Å². The minimum absolute atomic E-state index is 0. The van der Waals surface area contributed by atoms with Gasteiger partial charge in [-0.15, -0.1) is 0 Å². The van der Waals surface area contributed by atoms with Gasteiger partial charge in [0.2, 0.25) is 0 Å². The van der Waals surface area contributed by atoms with Gasteiger partial charge in [-0.3, -0.25) is 28.8 Å². The molecular weight excluding hydrogens is 1570 g/mol. The van der Waals surface area contributed by atoms with Crippen LogP contribution in [0.3, 0.4) is 0 Å². The van der Waals surface area contributed by atoms with Gasteiger partial charge in [-0.25, -0.2) is 14.4 Å². The normalized spacial score (nSPS) is 20.1. The first kappa shape index (κ1) is 90.5. The van der Waals surface area contributed by atoms with Crippen LogP contribution in [0.25, 0.3) is 0 Å². The molecule has 0 aromatic heterocycles. The highest BCUT2D eigenvalue weighted by Crippen LogP contribution is 2.34. The molecule has 586 valence electrons. The molecule has 24 heteroatoms. The monoisotopic (exact) mass is 1680 g/mol. The summed E-state index contributed by atoms with van der Waals surface area (Å²) >= 11 is 0. The molecule has 6 atom stereocenters. The molecule has 4 aliphatic rings. The van der Waals surface area contributed by atoms with Crippen molar-refractivity contribution in [2.45, 2.75) is 144 Å². The summed E-state index contributed by atoms with van der Waals surface area (Å²) in [6.45, 7) is 16.8. The van der Waals surface area contributed by atoms with Crippen LogP contribution in [0, 0.1) is 38.5 Å². The second-order valence-corrected chi connectivity index (χ2v) is 28.7. The fraction of sp³-hybridized carbons (Fsp3) is 0.464. The number of unbranched alkanes of at least 4 members (excludes halogenated alkanes) is 1. The van der Waals surface area contributed by atoms with Crippen molar-refractivity contribution in [3.05, 3.63) is 196 Å². The van der Waals surface area contributed by atoms with Crippen molar-refractivity contribution in [1.29, 1.82) is 0 Å². The molecule has 0 bridgehead atoms. The van der Waals surface area contributed by atoms with Crippen molar-refractivity contribution in [3.63, 3.8) is 0 Å². The van der Waals surface area contributed by atoms with Crippen LogP contribution in [0.15, 0.2) is 146 Å². The van der Waals surface area contributed by atoms with Crippen LogP contribution in [0.2, 0.25) is 0 Å². The lowest BCUT2D eigenvalue weighted by atomic mass is 9.93. The van der Waals surface area contributed by atoms with Gasteiger partial charge >= 0.3 is 35.8 Å². The van der Waals surface area contributed by atoms with Crippen molar-refractivity contribution in [1.82, 2.24) is 0 Å². The van der Waals surface area contributed by atoms with Gasteiger partial charge in [0.25, 0.3) is 17.7 Å². The van der Waals surface area contributed by atoms with E-state index >= 15 is 0 Å². The van der Waals surface area contributed by atoms with Gasteiger partial charge in [0.15, 0.2) is 19.6 Å². The van der Waals surface area contributed by atoms with Gasteiger partial charge in [0, 0.05) is 16.7 Å². The van der Waals surface area contributed by atoms with E-state index in [0.29, 0.717) is 99.7 Å². The topological polar surface area (TPSA) is 245 Å². The van der Waals surface area contributed by atoms with E-state index < -0.39 is 17.9 Å². The third-order valence-corrected chi connectivity index (χ3v) is 20.6. The first-order valence-electron chi connectivity index (χ1n) is 37.3. The highest BCUT2D eigenvalue weighted by atomic mass is 79.9. The predicted molar refractivity (Wildman–Crippen MR) is 402 cm³/mol. The molecule has 4 fully saturated rings. The minimum Gasteiger partial charge on any atom is -1.00 e. The highest BCUT2D eigenvalue weighted by molar-refractivity contribution is 6.04. The number of piperidine rings is 3. The van der Waals surface area contributed by atoms with Crippen LogP contribution < -0.4 is 66.9 Å². The first-order valence-corrected chi connectivity index (χ1v) is 37.3. The fourth-order valence-corrected chi connectivity index (χ4v) is 15.4. The molecule has 0 spiro atoms. The van der Waals surface area contributed by atoms with Gasteiger partial charge in [-0.05, 0) is 133 Å². The molecule has 3 N–H and O–H groups in total. The lowest BCUT2D eigenvalue weighted by Gasteiger charge is -2.43. The van der Waals surface area contributed by atoms with Crippen LogP contribution in [0.5, 0.6) is 0 Å². The second kappa shape index (κ2) is 45.1. The van der Waals surface area contributed by atoms with E-state index in [2.05, 4.69) is 47.1 Å². The number of halogens is 3. The number of hydrogen-bond acceptors (Lipinski definition) is 15. The largest absolute Gasteiger partial charge is 1.00 e. The number of ether oxygens (including phenoxy) is 6. The molecule has 6 unspecified atom stereocenters. The number of carbonyl (C=O) groups excluding carboxylic acids is 9. The SMILES string of the molecule is CCCCOC(=O)C1CCC[N+](CC(=O)Nc2c(C)cccc2C(=O)OC)(Cc2ccccc2)C1.CCOC(=O)C1CCC[N+](CC(=O)Nc2c(C)cccc2C(=O)OC)(Cc2ccccc2)C1.COC(=O)c1cccc(C)c1NC(=O)C[N+]1(Cc2ccccc2)CCCC(C(=O)OC2CCCCC2)C1.[Br-].[Br-].[Br-]. The zero-order valence-corrected chi connectivity index (χ0v) is 68.6. The summed E-state index contributed by atoms with van der Waals surface area (Å²) in [6.07, 6.45) is 12.0. The Morgan fingerprint density at radius 1 is 0.389 bits per heavy atom. The molecule has 3 heterocycles. The second-order valence-electron chi connectivity index (χ2n) is 28.7. The molecule has 21 nitrogen and oxygen atoms in total. The predicted octanol–water partition coefficient (Wildman–Crippen LogP) is 4.24. The average molecular weight is 1680 g/mol. The van der Waals surface area contributed by atoms with Crippen LogP contribution in [-0.4, -0.2) is 167 Å². The van der Waals surface area contributed by atoms with Gasteiger partial charge in [-0.2, -0.15) is 0 Å². The highest BCUT2D eigenvalue weighted by Gasteiger charge is 2.44. The zero-order chi connectivity index (χ0) is 75.4. The van der Waals surface area contributed by atoms with Crippen molar-refractivity contribution < 1.29 is 136 Å². The van der Waals surface area contributed by atoms with E-state index in [0.717, 1.165) is 130 Å². The van der Waals surface area contributed by atoms with Crippen LogP contribution in [0.1, 0.15) is 162 Å². The number of benzene rings is 6. The van der Waals surface area contributed by atoms with Crippen molar-refractivity contribution in [3.8, 4) is 0 Å².